The van der Waals surface area contributed by atoms with E-state index < -0.39 is 0 Å². The van der Waals surface area contributed by atoms with Gasteiger partial charge in [-0.3, -0.25) is 5.32 Å². The number of nitrogens with one attached hydrogen (secondary N) is 1. The van der Waals surface area contributed by atoms with Crippen molar-refractivity contribution in [2.75, 3.05) is 0 Å². The Labute approximate surface area is 135 Å². The molecule has 0 saturated heterocycles. The van der Waals surface area contributed by atoms with Crippen LogP contribution >= 0.6 is 0 Å². The fourth-order valence-electron chi connectivity index (χ4n) is 2.43. The molecule has 1 aromatic carbocycles. The van der Waals surface area contributed by atoms with Gasteiger partial charge in [-0.25, -0.2) is 0 Å². The van der Waals surface area contributed by atoms with Crippen LogP contribution in [0.25, 0.3) is 0 Å². The molecular weight excluding hydrogens is 290 g/mol. The van der Waals surface area contributed by atoms with E-state index in [-0.39, 0.29) is 6.04 Å². The second-order valence-electron chi connectivity index (χ2n) is 5.74. The van der Waals surface area contributed by atoms with Gasteiger partial charge in [0.15, 0.2) is 0 Å². The van der Waals surface area contributed by atoms with E-state index in [9.17, 15) is 0 Å². The van der Waals surface area contributed by atoms with E-state index in [0.717, 1.165) is 11.5 Å². The molecule has 5 heteroatoms. The van der Waals surface area contributed by atoms with Crippen LogP contribution in [0, 0.1) is 13.8 Å². The molecule has 23 heavy (non-hydrogen) atoms. The summed E-state index contributed by atoms with van der Waals surface area (Å²) in [6.07, 6.45) is 0.659. The van der Waals surface area contributed by atoms with Gasteiger partial charge in [-0.05, 0) is 44.0 Å². The first-order valence-corrected chi connectivity index (χ1v) is 7.77. The van der Waals surface area contributed by atoms with Crippen LogP contribution in [0.5, 0.6) is 0 Å². The summed E-state index contributed by atoms with van der Waals surface area (Å²) in [5.74, 6) is 3.04. The lowest BCUT2D eigenvalue weighted by molar-refractivity contribution is 0.386. The summed E-state index contributed by atoms with van der Waals surface area (Å²) in [6, 6.07) is 12.2. The topological polar surface area (TPSA) is 64.1 Å². The van der Waals surface area contributed by atoms with Gasteiger partial charge in [0.1, 0.15) is 11.5 Å². The maximum absolute atomic E-state index is 5.72. The maximum atomic E-state index is 5.72. The number of nitrogens with zero attached hydrogens (tertiary/aromatic N) is 2. The molecule has 1 N–H and O–H groups in total. The molecule has 0 spiro atoms. The molecule has 0 aliphatic heterocycles. The molecular formula is C18H21N3O2. The van der Waals surface area contributed by atoms with Gasteiger partial charge < -0.3 is 8.83 Å². The highest BCUT2D eigenvalue weighted by molar-refractivity contribution is 5.27. The molecule has 0 fully saturated rings. The quantitative estimate of drug-likeness (QED) is 0.751. The summed E-state index contributed by atoms with van der Waals surface area (Å²) in [5, 5.41) is 11.6. The van der Waals surface area contributed by atoms with E-state index in [1.165, 1.54) is 11.1 Å². The Morgan fingerprint density at radius 1 is 1.00 bits per heavy atom. The summed E-state index contributed by atoms with van der Waals surface area (Å²) < 4.78 is 11.3. The van der Waals surface area contributed by atoms with Crippen molar-refractivity contribution in [3.63, 3.8) is 0 Å². The monoisotopic (exact) mass is 311 g/mol. The summed E-state index contributed by atoms with van der Waals surface area (Å²) in [5.41, 5.74) is 2.43. The SMILES string of the molecule is Cc1ccc([C@@H](C)NCc2nnc(Cc3ccccc3C)o2)o1. The first-order chi connectivity index (χ1) is 11.1. The first kappa shape index (κ1) is 15.5. The molecule has 5 nitrogen and oxygen atoms in total. The van der Waals surface area contributed by atoms with E-state index in [4.69, 9.17) is 8.83 Å². The number of hydrogen-bond donors (Lipinski definition) is 1. The van der Waals surface area contributed by atoms with Gasteiger partial charge in [-0.15, -0.1) is 10.2 Å². The number of furan rings is 1. The fraction of sp³-hybridized carbons (Fsp3) is 0.333. The van der Waals surface area contributed by atoms with Crippen LogP contribution in [0.4, 0.5) is 0 Å². The summed E-state index contributed by atoms with van der Waals surface area (Å²) in [6.45, 7) is 6.58. The van der Waals surface area contributed by atoms with Crippen LogP contribution in [0.2, 0.25) is 0 Å². The zero-order valence-corrected chi connectivity index (χ0v) is 13.7. The van der Waals surface area contributed by atoms with E-state index in [1.54, 1.807) is 0 Å². The lowest BCUT2D eigenvalue weighted by Crippen LogP contribution is -2.17. The Kier molecular flexibility index (Phi) is 4.57. The van der Waals surface area contributed by atoms with Crippen LogP contribution < -0.4 is 5.32 Å². The summed E-state index contributed by atoms with van der Waals surface area (Å²) >= 11 is 0. The Morgan fingerprint density at radius 2 is 1.78 bits per heavy atom. The number of rotatable bonds is 6. The molecule has 0 aliphatic carbocycles. The minimum Gasteiger partial charge on any atom is -0.465 e. The lowest BCUT2D eigenvalue weighted by atomic mass is 10.1. The minimum atomic E-state index is 0.0930. The zero-order valence-electron chi connectivity index (χ0n) is 13.7. The van der Waals surface area contributed by atoms with Crippen molar-refractivity contribution < 1.29 is 8.83 Å². The average molecular weight is 311 g/mol. The van der Waals surface area contributed by atoms with Gasteiger partial charge in [0.05, 0.1) is 19.0 Å². The molecule has 3 aromatic rings. The predicted molar refractivity (Wildman–Crippen MR) is 87.0 cm³/mol. The predicted octanol–water partition coefficient (Wildman–Crippen LogP) is 3.72. The molecule has 0 unspecified atom stereocenters. The van der Waals surface area contributed by atoms with Crippen molar-refractivity contribution in [2.24, 2.45) is 0 Å². The molecule has 3 rings (SSSR count). The Morgan fingerprint density at radius 3 is 2.52 bits per heavy atom. The lowest BCUT2D eigenvalue weighted by Gasteiger charge is -2.08. The Hall–Kier alpha value is -2.40. The molecule has 0 amide bonds. The number of aromatic nitrogens is 2. The molecule has 0 aliphatic rings. The normalized spacial score (nSPS) is 12.5. The van der Waals surface area contributed by atoms with E-state index in [0.29, 0.717) is 24.7 Å². The van der Waals surface area contributed by atoms with Crippen molar-refractivity contribution in [3.8, 4) is 0 Å². The van der Waals surface area contributed by atoms with Crippen LogP contribution in [0.1, 0.15) is 47.4 Å². The molecule has 2 heterocycles. The van der Waals surface area contributed by atoms with Gasteiger partial charge in [0, 0.05) is 0 Å². The highest BCUT2D eigenvalue weighted by Gasteiger charge is 2.12. The zero-order chi connectivity index (χ0) is 16.2. The molecule has 0 radical (unpaired) electrons. The smallest absolute Gasteiger partial charge is 0.230 e. The van der Waals surface area contributed by atoms with Gasteiger partial charge in [-0.2, -0.15) is 0 Å². The van der Waals surface area contributed by atoms with Crippen molar-refractivity contribution >= 4 is 0 Å². The Bertz CT molecular complexity index is 776. The number of hydrogen-bond acceptors (Lipinski definition) is 5. The van der Waals surface area contributed by atoms with E-state index >= 15 is 0 Å². The van der Waals surface area contributed by atoms with Crippen LogP contribution in [-0.4, -0.2) is 10.2 Å². The van der Waals surface area contributed by atoms with E-state index in [2.05, 4.69) is 34.6 Å². The second kappa shape index (κ2) is 6.79. The fourth-order valence-corrected chi connectivity index (χ4v) is 2.43. The van der Waals surface area contributed by atoms with Crippen LogP contribution in [0.3, 0.4) is 0 Å². The number of benzene rings is 1. The third-order valence-corrected chi connectivity index (χ3v) is 3.86. The first-order valence-electron chi connectivity index (χ1n) is 7.77. The highest BCUT2D eigenvalue weighted by atomic mass is 16.4. The maximum Gasteiger partial charge on any atom is 0.230 e. The van der Waals surface area contributed by atoms with Crippen molar-refractivity contribution in [1.82, 2.24) is 15.5 Å². The van der Waals surface area contributed by atoms with E-state index in [1.807, 2.05) is 38.1 Å². The average Bonchev–Trinajstić information content (AvgIpc) is 3.16. The van der Waals surface area contributed by atoms with Crippen molar-refractivity contribution in [2.45, 2.75) is 39.8 Å². The Balaban J connectivity index is 1.58. The minimum absolute atomic E-state index is 0.0930. The van der Waals surface area contributed by atoms with Crippen molar-refractivity contribution in [3.05, 3.63) is 70.8 Å². The molecule has 2 aromatic heterocycles. The van der Waals surface area contributed by atoms with Crippen molar-refractivity contribution in [1.29, 1.82) is 0 Å². The highest BCUT2D eigenvalue weighted by Crippen LogP contribution is 2.16. The van der Waals surface area contributed by atoms with Gasteiger partial charge in [-0.1, -0.05) is 24.3 Å². The van der Waals surface area contributed by atoms with Crippen LogP contribution in [0.15, 0.2) is 45.2 Å². The molecule has 1 atom stereocenters. The molecule has 0 bridgehead atoms. The molecule has 120 valence electrons. The summed E-state index contributed by atoms with van der Waals surface area (Å²) in [4.78, 5) is 0. The largest absolute Gasteiger partial charge is 0.465 e. The third-order valence-electron chi connectivity index (χ3n) is 3.86. The standard InChI is InChI=1S/C18H21N3O2/c1-12-6-4-5-7-15(12)10-17-20-21-18(23-17)11-19-14(3)16-9-8-13(2)22-16/h4-9,14,19H,10-11H2,1-3H3/t14-/m1/s1. The van der Waals surface area contributed by atoms with Gasteiger partial charge in [0.2, 0.25) is 11.8 Å². The number of aryl methyl sites for hydroxylation is 2. The van der Waals surface area contributed by atoms with Crippen LogP contribution in [-0.2, 0) is 13.0 Å². The second-order valence-corrected chi connectivity index (χ2v) is 5.74. The summed E-state index contributed by atoms with van der Waals surface area (Å²) in [7, 11) is 0. The third kappa shape index (κ3) is 3.87. The van der Waals surface area contributed by atoms with Gasteiger partial charge >= 0.3 is 0 Å². The molecule has 0 saturated carbocycles. The van der Waals surface area contributed by atoms with Gasteiger partial charge in [0.25, 0.3) is 0 Å².